The summed E-state index contributed by atoms with van der Waals surface area (Å²) in [6.45, 7) is 3.35. The Kier molecular flexibility index (Phi) is 6.37. The highest BCUT2D eigenvalue weighted by Crippen LogP contribution is 2.26. The molecule has 7 heteroatoms. The first kappa shape index (κ1) is 17.2. The average Bonchev–Trinajstić information content (AvgIpc) is 3.00. The largest absolute Gasteiger partial charge is 0.253 e. The molecule has 23 heavy (non-hydrogen) atoms. The van der Waals surface area contributed by atoms with E-state index in [0.29, 0.717) is 0 Å². The average molecular weight is 396 g/mol. The van der Waals surface area contributed by atoms with Crippen molar-refractivity contribution in [3.05, 3.63) is 70.0 Å². The van der Waals surface area contributed by atoms with Crippen LogP contribution in [0.25, 0.3) is 11.3 Å². The van der Waals surface area contributed by atoms with Gasteiger partial charge in [0, 0.05) is 22.1 Å². The molecule has 1 aromatic heterocycles. The van der Waals surface area contributed by atoms with Crippen LogP contribution in [0.4, 0.5) is 13.9 Å². The molecule has 3 rings (SSSR count). The molecule has 0 aliphatic rings. The summed E-state index contributed by atoms with van der Waals surface area (Å²) in [5, 5.41) is 6.30. The third kappa shape index (κ3) is 5.22. The molecule has 0 aliphatic carbocycles. The van der Waals surface area contributed by atoms with E-state index in [1.807, 2.05) is 29.6 Å². The van der Waals surface area contributed by atoms with Crippen LogP contribution in [0, 0.1) is 11.6 Å². The van der Waals surface area contributed by atoms with Gasteiger partial charge in [-0.1, -0.05) is 40.2 Å². The fourth-order valence-corrected chi connectivity index (χ4v) is 2.69. The molecule has 0 amide bonds. The van der Waals surface area contributed by atoms with E-state index in [1.165, 1.54) is 23.5 Å². The number of hydrogen-bond donors (Lipinski definition) is 1. The standard InChI is InChI=1S/C10H8BrN3S.C6H4F2/c1-12-14-10-13-9(6-15-10)7-3-2-4-8(11)5-7;7-5-3-1-2-4-6(5)8/h2-6H,1H2,(H,13,14);1-4H. The molecule has 1 heterocycles. The maximum absolute atomic E-state index is 11.9. The van der Waals surface area contributed by atoms with Crippen molar-refractivity contribution in [1.82, 2.24) is 4.98 Å². The molecule has 3 aromatic rings. The molecule has 118 valence electrons. The predicted octanol–water partition coefficient (Wildman–Crippen LogP) is 5.56. The monoisotopic (exact) mass is 395 g/mol. The molecular weight excluding hydrogens is 384 g/mol. The number of halogens is 3. The van der Waals surface area contributed by atoms with Gasteiger partial charge in [-0.2, -0.15) is 5.10 Å². The first-order chi connectivity index (χ1) is 11.1. The second kappa shape index (κ2) is 8.50. The lowest BCUT2D eigenvalue weighted by atomic mass is 10.2. The van der Waals surface area contributed by atoms with E-state index in [9.17, 15) is 8.78 Å². The van der Waals surface area contributed by atoms with Crippen LogP contribution < -0.4 is 5.43 Å². The van der Waals surface area contributed by atoms with Crippen LogP contribution in [0.1, 0.15) is 0 Å². The van der Waals surface area contributed by atoms with Gasteiger partial charge in [-0.15, -0.1) is 11.3 Å². The number of aromatic nitrogens is 1. The van der Waals surface area contributed by atoms with Crippen molar-refractivity contribution in [3.8, 4) is 11.3 Å². The summed E-state index contributed by atoms with van der Waals surface area (Å²) >= 11 is 4.93. The van der Waals surface area contributed by atoms with Crippen molar-refractivity contribution in [3.63, 3.8) is 0 Å². The Labute approximate surface area is 144 Å². The van der Waals surface area contributed by atoms with Crippen molar-refractivity contribution >= 4 is 39.1 Å². The van der Waals surface area contributed by atoms with E-state index in [0.717, 1.165) is 33.0 Å². The minimum absolute atomic E-state index is 0.750. The number of thiazole rings is 1. The van der Waals surface area contributed by atoms with Gasteiger partial charge in [0.2, 0.25) is 5.13 Å². The molecule has 2 aromatic carbocycles. The molecule has 0 bridgehead atoms. The third-order valence-corrected chi connectivity index (χ3v) is 3.86. The molecule has 1 N–H and O–H groups in total. The summed E-state index contributed by atoms with van der Waals surface area (Å²) < 4.78 is 24.9. The Morgan fingerprint density at radius 1 is 1.09 bits per heavy atom. The zero-order valence-electron chi connectivity index (χ0n) is 11.8. The first-order valence-electron chi connectivity index (χ1n) is 6.43. The van der Waals surface area contributed by atoms with Crippen LogP contribution in [0.2, 0.25) is 0 Å². The number of hydrazone groups is 1. The van der Waals surface area contributed by atoms with Crippen molar-refractivity contribution in [2.24, 2.45) is 5.10 Å². The molecule has 0 radical (unpaired) electrons. The second-order valence-corrected chi connectivity index (χ2v) is 6.01. The normalized spacial score (nSPS) is 9.70. The fourth-order valence-electron chi connectivity index (χ4n) is 1.61. The SMILES string of the molecule is C=NNc1nc(-c2cccc(Br)c2)cs1.Fc1ccccc1F. The van der Waals surface area contributed by atoms with Crippen molar-refractivity contribution in [2.75, 3.05) is 5.43 Å². The van der Waals surface area contributed by atoms with E-state index in [1.54, 1.807) is 0 Å². The highest BCUT2D eigenvalue weighted by atomic mass is 79.9. The zero-order valence-corrected chi connectivity index (χ0v) is 14.2. The van der Waals surface area contributed by atoms with E-state index < -0.39 is 11.6 Å². The molecule has 0 fully saturated rings. The lowest BCUT2D eigenvalue weighted by Gasteiger charge is -1.96. The van der Waals surface area contributed by atoms with Crippen LogP contribution in [0.5, 0.6) is 0 Å². The zero-order chi connectivity index (χ0) is 16.7. The molecule has 0 aliphatic heterocycles. The molecule has 0 spiro atoms. The first-order valence-corrected chi connectivity index (χ1v) is 8.10. The Balaban J connectivity index is 0.000000203. The summed E-state index contributed by atoms with van der Waals surface area (Å²) in [5.41, 5.74) is 4.74. The van der Waals surface area contributed by atoms with Gasteiger partial charge >= 0.3 is 0 Å². The Hall–Kier alpha value is -2.12. The maximum Gasteiger partial charge on any atom is 0.203 e. The van der Waals surface area contributed by atoms with Gasteiger partial charge in [-0.3, -0.25) is 5.43 Å². The molecule has 0 atom stereocenters. The van der Waals surface area contributed by atoms with E-state index >= 15 is 0 Å². The summed E-state index contributed by atoms with van der Waals surface area (Å²) in [6, 6.07) is 13.1. The van der Waals surface area contributed by atoms with Crippen molar-refractivity contribution in [2.45, 2.75) is 0 Å². The van der Waals surface area contributed by atoms with E-state index in [2.05, 4.69) is 38.2 Å². The van der Waals surface area contributed by atoms with Gasteiger partial charge in [0.25, 0.3) is 0 Å². The van der Waals surface area contributed by atoms with Gasteiger partial charge in [0.05, 0.1) is 5.69 Å². The Morgan fingerprint density at radius 3 is 2.35 bits per heavy atom. The highest BCUT2D eigenvalue weighted by molar-refractivity contribution is 9.10. The van der Waals surface area contributed by atoms with Crippen LogP contribution >= 0.6 is 27.3 Å². The van der Waals surface area contributed by atoms with Crippen LogP contribution in [-0.4, -0.2) is 11.7 Å². The maximum atomic E-state index is 11.9. The van der Waals surface area contributed by atoms with Gasteiger partial charge in [0.1, 0.15) is 0 Å². The smallest absolute Gasteiger partial charge is 0.203 e. The van der Waals surface area contributed by atoms with Gasteiger partial charge in [0.15, 0.2) is 11.6 Å². The third-order valence-electron chi connectivity index (χ3n) is 2.62. The number of benzene rings is 2. The fraction of sp³-hybridized carbons (Fsp3) is 0. The number of nitrogens with zero attached hydrogens (tertiary/aromatic N) is 2. The molecular formula is C16H12BrF2N3S. The van der Waals surface area contributed by atoms with Crippen LogP contribution in [0.3, 0.4) is 0 Å². The predicted molar refractivity (Wildman–Crippen MR) is 94.8 cm³/mol. The highest BCUT2D eigenvalue weighted by Gasteiger charge is 2.03. The lowest BCUT2D eigenvalue weighted by Crippen LogP contribution is -1.85. The number of hydrogen-bond acceptors (Lipinski definition) is 4. The van der Waals surface area contributed by atoms with Crippen molar-refractivity contribution < 1.29 is 8.78 Å². The lowest BCUT2D eigenvalue weighted by molar-refractivity contribution is 0.508. The number of rotatable bonds is 3. The minimum Gasteiger partial charge on any atom is -0.253 e. The van der Waals surface area contributed by atoms with Crippen molar-refractivity contribution in [1.29, 1.82) is 0 Å². The summed E-state index contributed by atoms with van der Waals surface area (Å²) in [6.07, 6.45) is 0. The molecule has 3 nitrogen and oxygen atoms in total. The quantitative estimate of drug-likeness (QED) is 0.465. The molecule has 0 saturated heterocycles. The summed E-state index contributed by atoms with van der Waals surface area (Å²) in [4.78, 5) is 4.36. The summed E-state index contributed by atoms with van der Waals surface area (Å²) in [5.74, 6) is -1.60. The molecule has 0 unspecified atom stereocenters. The summed E-state index contributed by atoms with van der Waals surface area (Å²) in [7, 11) is 0. The van der Waals surface area contributed by atoms with Gasteiger partial charge in [-0.05, 0) is 24.3 Å². The van der Waals surface area contributed by atoms with E-state index in [-0.39, 0.29) is 0 Å². The van der Waals surface area contributed by atoms with Crippen LogP contribution in [-0.2, 0) is 0 Å². The minimum atomic E-state index is -0.799. The Bertz CT molecular complexity index is 771. The van der Waals surface area contributed by atoms with E-state index in [4.69, 9.17) is 0 Å². The number of anilines is 1. The van der Waals surface area contributed by atoms with Crippen LogP contribution in [0.15, 0.2) is 63.5 Å². The molecule has 0 saturated carbocycles. The van der Waals surface area contributed by atoms with Gasteiger partial charge in [-0.25, -0.2) is 13.8 Å². The topological polar surface area (TPSA) is 37.3 Å². The second-order valence-electron chi connectivity index (χ2n) is 4.23. The number of nitrogens with one attached hydrogen (secondary N) is 1. The van der Waals surface area contributed by atoms with Gasteiger partial charge < -0.3 is 0 Å². The Morgan fingerprint density at radius 2 is 1.78 bits per heavy atom.